The largest absolute Gasteiger partial charge is 0.341 e. The molecule has 1 saturated carbocycles. The summed E-state index contributed by atoms with van der Waals surface area (Å²) in [5, 5.41) is 0. The molecule has 0 aromatic heterocycles. The molecule has 0 aromatic rings. The standard InChI is InChI=1S/C12H22N2O/c1-11(2)9(12(11,3)4)7-14-6-5-8(13)10(14)15/h8-9H,5-7,13H2,1-4H3. The van der Waals surface area contributed by atoms with E-state index >= 15 is 0 Å². The van der Waals surface area contributed by atoms with E-state index < -0.39 is 0 Å². The maximum absolute atomic E-state index is 11.7. The average molecular weight is 210 g/mol. The lowest BCUT2D eigenvalue weighted by molar-refractivity contribution is -0.129. The lowest BCUT2D eigenvalue weighted by Gasteiger charge is -2.17. The van der Waals surface area contributed by atoms with Gasteiger partial charge >= 0.3 is 0 Å². The maximum atomic E-state index is 11.7. The molecule has 0 radical (unpaired) electrons. The number of likely N-dealkylation sites (tertiary alicyclic amines) is 1. The van der Waals surface area contributed by atoms with E-state index in [-0.39, 0.29) is 11.9 Å². The number of hydrogen-bond acceptors (Lipinski definition) is 2. The molecule has 86 valence electrons. The average Bonchev–Trinajstić information content (AvgIpc) is 2.43. The van der Waals surface area contributed by atoms with Gasteiger partial charge in [0.1, 0.15) is 0 Å². The smallest absolute Gasteiger partial charge is 0.239 e. The van der Waals surface area contributed by atoms with E-state index in [4.69, 9.17) is 5.73 Å². The Hall–Kier alpha value is -0.570. The molecule has 1 atom stereocenters. The fourth-order valence-electron chi connectivity index (χ4n) is 2.95. The summed E-state index contributed by atoms with van der Waals surface area (Å²) < 4.78 is 0. The molecule has 1 aliphatic carbocycles. The van der Waals surface area contributed by atoms with Gasteiger partial charge in [-0.2, -0.15) is 0 Å². The summed E-state index contributed by atoms with van der Waals surface area (Å²) in [4.78, 5) is 13.6. The summed E-state index contributed by atoms with van der Waals surface area (Å²) >= 11 is 0. The summed E-state index contributed by atoms with van der Waals surface area (Å²) in [5.74, 6) is 0.771. The summed E-state index contributed by atoms with van der Waals surface area (Å²) in [6.45, 7) is 10.9. The number of rotatable bonds is 2. The summed E-state index contributed by atoms with van der Waals surface area (Å²) in [6.07, 6.45) is 0.826. The van der Waals surface area contributed by atoms with Crippen LogP contribution >= 0.6 is 0 Å². The molecule has 3 heteroatoms. The molecule has 2 aliphatic rings. The van der Waals surface area contributed by atoms with Crippen LogP contribution in [0.2, 0.25) is 0 Å². The molecule has 0 spiro atoms. The molecule has 1 heterocycles. The normalized spacial score (nSPS) is 33.5. The van der Waals surface area contributed by atoms with Crippen molar-refractivity contribution < 1.29 is 4.79 Å². The van der Waals surface area contributed by atoms with Crippen LogP contribution in [-0.2, 0) is 4.79 Å². The van der Waals surface area contributed by atoms with Crippen LogP contribution in [0, 0.1) is 16.7 Å². The molecule has 0 aromatic carbocycles. The Morgan fingerprint density at radius 1 is 1.33 bits per heavy atom. The van der Waals surface area contributed by atoms with Crippen LogP contribution < -0.4 is 5.73 Å². The highest BCUT2D eigenvalue weighted by Gasteiger charge is 2.64. The zero-order chi connectivity index (χ0) is 11.4. The lowest BCUT2D eigenvalue weighted by atomic mass is 10.0. The van der Waals surface area contributed by atoms with Gasteiger partial charge in [0.15, 0.2) is 0 Å². The predicted molar refractivity (Wildman–Crippen MR) is 60.2 cm³/mol. The molecule has 1 amide bonds. The first-order chi connectivity index (χ1) is 6.78. The predicted octanol–water partition coefficient (Wildman–Crippen LogP) is 1.23. The van der Waals surface area contributed by atoms with Crippen LogP contribution in [0.5, 0.6) is 0 Å². The topological polar surface area (TPSA) is 46.3 Å². The molecule has 0 bridgehead atoms. The van der Waals surface area contributed by atoms with Gasteiger partial charge in [-0.1, -0.05) is 27.7 Å². The molecule has 2 N–H and O–H groups in total. The Morgan fingerprint density at radius 2 is 1.87 bits per heavy atom. The second-order valence-electron chi connectivity index (χ2n) is 6.18. The van der Waals surface area contributed by atoms with Crippen LogP contribution in [0.25, 0.3) is 0 Å². The second kappa shape index (κ2) is 2.97. The number of carbonyl (C=O) groups is 1. The molecule has 2 rings (SSSR count). The van der Waals surface area contributed by atoms with Gasteiger partial charge in [0.25, 0.3) is 0 Å². The van der Waals surface area contributed by atoms with Gasteiger partial charge in [0.2, 0.25) is 5.91 Å². The molecule has 1 aliphatic heterocycles. The molecule has 2 fully saturated rings. The third-order valence-corrected chi connectivity index (χ3v) is 5.06. The first kappa shape index (κ1) is 10.9. The SMILES string of the molecule is CC1(C)C(CN2CCC(N)C2=O)C1(C)C. The van der Waals surface area contributed by atoms with Crippen molar-refractivity contribution >= 4 is 5.91 Å². The van der Waals surface area contributed by atoms with Gasteiger partial charge in [-0.15, -0.1) is 0 Å². The van der Waals surface area contributed by atoms with E-state index in [0.717, 1.165) is 19.5 Å². The van der Waals surface area contributed by atoms with E-state index in [1.165, 1.54) is 0 Å². The Morgan fingerprint density at radius 3 is 2.20 bits per heavy atom. The minimum Gasteiger partial charge on any atom is -0.341 e. The zero-order valence-electron chi connectivity index (χ0n) is 10.2. The Labute approximate surface area is 92.0 Å². The van der Waals surface area contributed by atoms with E-state index in [1.807, 2.05) is 4.90 Å². The number of nitrogens with two attached hydrogens (primary N) is 1. The van der Waals surface area contributed by atoms with Crippen LogP contribution in [0.4, 0.5) is 0 Å². The fraction of sp³-hybridized carbons (Fsp3) is 0.917. The second-order valence-corrected chi connectivity index (χ2v) is 6.18. The van der Waals surface area contributed by atoms with Crippen molar-refractivity contribution in [2.45, 2.75) is 40.2 Å². The van der Waals surface area contributed by atoms with Gasteiger partial charge < -0.3 is 10.6 Å². The summed E-state index contributed by atoms with van der Waals surface area (Å²) in [6, 6.07) is -0.241. The third kappa shape index (κ3) is 1.40. The first-order valence-electron chi connectivity index (χ1n) is 5.83. The van der Waals surface area contributed by atoms with E-state index in [2.05, 4.69) is 27.7 Å². The van der Waals surface area contributed by atoms with Crippen molar-refractivity contribution in [2.75, 3.05) is 13.1 Å². The monoisotopic (exact) mass is 210 g/mol. The highest BCUT2D eigenvalue weighted by molar-refractivity contribution is 5.83. The van der Waals surface area contributed by atoms with Gasteiger partial charge in [-0.25, -0.2) is 0 Å². The number of nitrogens with zero attached hydrogens (tertiary/aromatic N) is 1. The van der Waals surface area contributed by atoms with Crippen LogP contribution in [0.15, 0.2) is 0 Å². The molecule has 15 heavy (non-hydrogen) atoms. The Bertz CT molecular complexity index is 282. The van der Waals surface area contributed by atoms with Crippen LogP contribution in [-0.4, -0.2) is 29.9 Å². The highest BCUT2D eigenvalue weighted by atomic mass is 16.2. The molecule has 1 saturated heterocycles. The Kier molecular flexibility index (Phi) is 2.16. The van der Waals surface area contributed by atoms with E-state index in [1.54, 1.807) is 0 Å². The van der Waals surface area contributed by atoms with Gasteiger partial charge in [-0.05, 0) is 23.2 Å². The molecular formula is C12H22N2O. The van der Waals surface area contributed by atoms with Crippen molar-refractivity contribution in [2.24, 2.45) is 22.5 Å². The van der Waals surface area contributed by atoms with Crippen molar-refractivity contribution in [1.29, 1.82) is 0 Å². The summed E-state index contributed by atoms with van der Waals surface area (Å²) in [5.41, 5.74) is 6.43. The van der Waals surface area contributed by atoms with Gasteiger partial charge in [0, 0.05) is 13.1 Å². The van der Waals surface area contributed by atoms with E-state index in [9.17, 15) is 4.79 Å². The number of amides is 1. The van der Waals surface area contributed by atoms with Gasteiger partial charge in [-0.3, -0.25) is 4.79 Å². The van der Waals surface area contributed by atoms with Crippen molar-refractivity contribution in [3.8, 4) is 0 Å². The number of hydrogen-bond donors (Lipinski definition) is 1. The van der Waals surface area contributed by atoms with E-state index in [0.29, 0.717) is 16.7 Å². The van der Waals surface area contributed by atoms with Crippen LogP contribution in [0.3, 0.4) is 0 Å². The fourth-order valence-corrected chi connectivity index (χ4v) is 2.95. The highest BCUT2D eigenvalue weighted by Crippen LogP contribution is 2.68. The summed E-state index contributed by atoms with van der Waals surface area (Å²) in [7, 11) is 0. The molecular weight excluding hydrogens is 188 g/mol. The van der Waals surface area contributed by atoms with Crippen molar-refractivity contribution in [3.63, 3.8) is 0 Å². The third-order valence-electron chi connectivity index (χ3n) is 5.06. The zero-order valence-corrected chi connectivity index (χ0v) is 10.2. The van der Waals surface area contributed by atoms with Gasteiger partial charge in [0.05, 0.1) is 6.04 Å². The van der Waals surface area contributed by atoms with Crippen molar-refractivity contribution in [1.82, 2.24) is 4.90 Å². The molecule has 3 nitrogen and oxygen atoms in total. The minimum absolute atomic E-state index is 0.147. The minimum atomic E-state index is -0.241. The quantitative estimate of drug-likeness (QED) is 0.745. The first-order valence-corrected chi connectivity index (χ1v) is 5.83. The molecule has 1 unspecified atom stereocenters. The van der Waals surface area contributed by atoms with Crippen molar-refractivity contribution in [3.05, 3.63) is 0 Å². The maximum Gasteiger partial charge on any atom is 0.239 e. The Balaban J connectivity index is 1.98. The lowest BCUT2D eigenvalue weighted by Crippen LogP contribution is -2.35. The van der Waals surface area contributed by atoms with Crippen LogP contribution in [0.1, 0.15) is 34.1 Å². The number of carbonyl (C=O) groups excluding carboxylic acids is 1.